The third kappa shape index (κ3) is 3.75. The van der Waals surface area contributed by atoms with Crippen molar-refractivity contribution in [3.63, 3.8) is 0 Å². The summed E-state index contributed by atoms with van der Waals surface area (Å²) >= 11 is 3.91. The molecule has 1 aliphatic carbocycles. The van der Waals surface area contributed by atoms with Crippen molar-refractivity contribution in [2.24, 2.45) is 17.3 Å². The number of aromatic hydroxyl groups is 1. The fourth-order valence-corrected chi connectivity index (χ4v) is 5.13. The van der Waals surface area contributed by atoms with E-state index >= 15 is 0 Å². The highest BCUT2D eigenvalue weighted by atomic mass is 79.9. The van der Waals surface area contributed by atoms with Gasteiger partial charge in [-0.2, -0.15) is 0 Å². The van der Waals surface area contributed by atoms with E-state index in [-0.39, 0.29) is 5.41 Å². The quantitative estimate of drug-likeness (QED) is 0.761. The molecule has 3 unspecified atom stereocenters. The highest BCUT2D eigenvalue weighted by Gasteiger charge is 2.37. The van der Waals surface area contributed by atoms with Crippen LogP contribution < -0.4 is 0 Å². The summed E-state index contributed by atoms with van der Waals surface area (Å²) in [5, 5.41) is 9.60. The minimum absolute atomic E-state index is 0.266. The molecule has 0 amide bonds. The molecule has 2 heteroatoms. The molecule has 1 N–H and O–H groups in total. The number of phenolic OH excluding ortho intramolecular Hbond substituents is 1. The maximum atomic E-state index is 9.60. The predicted molar refractivity (Wildman–Crippen MR) is 84.8 cm³/mol. The molecule has 0 saturated heterocycles. The SMILES string of the molecule is CC1CCC(C(C)(C)Cc2cccc(O)c2)C(Br)C1. The molecule has 0 aromatic heterocycles. The summed E-state index contributed by atoms with van der Waals surface area (Å²) in [5.74, 6) is 1.93. The fourth-order valence-electron chi connectivity index (χ4n) is 3.52. The van der Waals surface area contributed by atoms with Gasteiger partial charge in [0.15, 0.2) is 0 Å². The van der Waals surface area contributed by atoms with Crippen LogP contribution in [-0.4, -0.2) is 9.93 Å². The van der Waals surface area contributed by atoms with Gasteiger partial charge in [-0.25, -0.2) is 0 Å². The average Bonchev–Trinajstić information content (AvgIpc) is 2.27. The number of rotatable bonds is 3. The van der Waals surface area contributed by atoms with Gasteiger partial charge < -0.3 is 5.11 Å². The molecule has 106 valence electrons. The predicted octanol–water partition coefficient (Wildman–Crippen LogP) is 5.16. The number of alkyl halides is 1. The Morgan fingerprint density at radius 1 is 1.32 bits per heavy atom. The van der Waals surface area contributed by atoms with Gasteiger partial charge in [0.1, 0.15) is 5.75 Å². The second-order valence-electron chi connectivity index (χ2n) is 6.88. The zero-order valence-corrected chi connectivity index (χ0v) is 13.8. The van der Waals surface area contributed by atoms with E-state index in [0.717, 1.165) is 12.3 Å². The van der Waals surface area contributed by atoms with Crippen molar-refractivity contribution in [3.8, 4) is 5.75 Å². The van der Waals surface area contributed by atoms with Crippen LogP contribution in [0.15, 0.2) is 24.3 Å². The summed E-state index contributed by atoms with van der Waals surface area (Å²) in [4.78, 5) is 0.628. The summed E-state index contributed by atoms with van der Waals surface area (Å²) in [6, 6.07) is 7.70. The van der Waals surface area contributed by atoms with Gasteiger partial charge in [0, 0.05) is 4.83 Å². The molecule has 3 atom stereocenters. The van der Waals surface area contributed by atoms with Crippen LogP contribution in [0.25, 0.3) is 0 Å². The van der Waals surface area contributed by atoms with E-state index in [9.17, 15) is 5.11 Å². The van der Waals surface area contributed by atoms with Crippen LogP contribution in [0, 0.1) is 17.3 Å². The molecule has 0 bridgehead atoms. The third-order valence-electron chi connectivity index (χ3n) is 4.61. The Bertz CT molecular complexity index is 427. The first kappa shape index (κ1) is 14.9. The monoisotopic (exact) mass is 324 g/mol. The molecule has 0 heterocycles. The van der Waals surface area contributed by atoms with Gasteiger partial charge in [-0.05, 0) is 54.2 Å². The first-order valence-electron chi connectivity index (χ1n) is 7.30. The molecular weight excluding hydrogens is 300 g/mol. The summed E-state index contributed by atoms with van der Waals surface area (Å²) in [6.07, 6.45) is 4.97. The lowest BCUT2D eigenvalue weighted by molar-refractivity contribution is 0.147. The molecule has 19 heavy (non-hydrogen) atoms. The van der Waals surface area contributed by atoms with Gasteiger partial charge in [-0.3, -0.25) is 0 Å². The largest absolute Gasteiger partial charge is 0.508 e. The Kier molecular flexibility index (Phi) is 4.60. The maximum absolute atomic E-state index is 9.60. The van der Waals surface area contributed by atoms with Crippen LogP contribution in [0.5, 0.6) is 5.75 Å². The van der Waals surface area contributed by atoms with Crippen molar-refractivity contribution >= 4 is 15.9 Å². The second kappa shape index (κ2) is 5.87. The summed E-state index contributed by atoms with van der Waals surface area (Å²) in [6.45, 7) is 7.09. The van der Waals surface area contributed by atoms with Gasteiger partial charge in [-0.15, -0.1) is 0 Å². The van der Waals surface area contributed by atoms with Gasteiger partial charge in [-0.1, -0.05) is 55.3 Å². The molecule has 0 spiro atoms. The van der Waals surface area contributed by atoms with E-state index in [2.05, 4.69) is 42.8 Å². The third-order valence-corrected chi connectivity index (χ3v) is 5.62. The van der Waals surface area contributed by atoms with Crippen molar-refractivity contribution in [1.82, 2.24) is 0 Å². The van der Waals surface area contributed by atoms with Crippen LogP contribution in [0.4, 0.5) is 0 Å². The minimum atomic E-state index is 0.266. The molecular formula is C17H25BrO. The Morgan fingerprint density at radius 3 is 2.68 bits per heavy atom. The Balaban J connectivity index is 2.09. The van der Waals surface area contributed by atoms with Gasteiger partial charge in [0.05, 0.1) is 0 Å². The second-order valence-corrected chi connectivity index (χ2v) is 8.05. The summed E-state index contributed by atoms with van der Waals surface area (Å²) in [7, 11) is 0. The average molecular weight is 325 g/mol. The molecule has 0 aliphatic heterocycles. The molecule has 1 aliphatic rings. The standard InChI is InChI=1S/C17H25BrO/c1-12-7-8-15(16(18)9-12)17(2,3)11-13-5-4-6-14(19)10-13/h4-6,10,12,15-16,19H,7-9,11H2,1-3H3. The Morgan fingerprint density at radius 2 is 2.05 bits per heavy atom. The molecule has 0 radical (unpaired) electrons. The van der Waals surface area contributed by atoms with Crippen LogP contribution in [-0.2, 0) is 6.42 Å². The lowest BCUT2D eigenvalue weighted by Gasteiger charge is -2.42. The molecule has 1 fully saturated rings. The van der Waals surface area contributed by atoms with Gasteiger partial charge in [0.2, 0.25) is 0 Å². The molecule has 1 saturated carbocycles. The first-order chi connectivity index (χ1) is 8.88. The number of hydrogen-bond donors (Lipinski definition) is 1. The van der Waals surface area contributed by atoms with Gasteiger partial charge >= 0.3 is 0 Å². The summed E-state index contributed by atoms with van der Waals surface area (Å²) in [5.41, 5.74) is 1.51. The lowest BCUT2D eigenvalue weighted by atomic mass is 9.66. The normalized spacial score (nSPS) is 28.3. The van der Waals surface area contributed by atoms with E-state index < -0.39 is 0 Å². The van der Waals surface area contributed by atoms with Crippen LogP contribution in [0.2, 0.25) is 0 Å². The lowest BCUT2D eigenvalue weighted by Crippen LogP contribution is -2.37. The van der Waals surface area contributed by atoms with E-state index in [1.54, 1.807) is 6.07 Å². The van der Waals surface area contributed by atoms with Crippen molar-refractivity contribution in [3.05, 3.63) is 29.8 Å². The smallest absolute Gasteiger partial charge is 0.115 e. The molecule has 1 nitrogen and oxygen atoms in total. The zero-order valence-electron chi connectivity index (χ0n) is 12.2. The van der Waals surface area contributed by atoms with Crippen LogP contribution >= 0.6 is 15.9 Å². The van der Waals surface area contributed by atoms with E-state index in [0.29, 0.717) is 16.5 Å². The Labute approximate surface area is 125 Å². The molecule has 2 rings (SSSR count). The number of halogens is 1. The van der Waals surface area contributed by atoms with Crippen LogP contribution in [0.3, 0.4) is 0 Å². The fraction of sp³-hybridized carbons (Fsp3) is 0.647. The highest BCUT2D eigenvalue weighted by Crippen LogP contribution is 2.45. The molecule has 1 aromatic rings. The van der Waals surface area contributed by atoms with E-state index in [1.165, 1.54) is 24.8 Å². The van der Waals surface area contributed by atoms with E-state index in [4.69, 9.17) is 0 Å². The maximum Gasteiger partial charge on any atom is 0.115 e. The van der Waals surface area contributed by atoms with Gasteiger partial charge in [0.25, 0.3) is 0 Å². The minimum Gasteiger partial charge on any atom is -0.508 e. The topological polar surface area (TPSA) is 20.2 Å². The van der Waals surface area contributed by atoms with Crippen LogP contribution in [0.1, 0.15) is 45.6 Å². The van der Waals surface area contributed by atoms with Crippen molar-refractivity contribution < 1.29 is 5.11 Å². The number of phenols is 1. The zero-order chi connectivity index (χ0) is 14.0. The summed E-state index contributed by atoms with van der Waals surface area (Å²) < 4.78 is 0. The number of hydrogen-bond acceptors (Lipinski definition) is 1. The van der Waals surface area contributed by atoms with Crippen molar-refractivity contribution in [1.29, 1.82) is 0 Å². The van der Waals surface area contributed by atoms with Crippen molar-refractivity contribution in [2.75, 3.05) is 0 Å². The van der Waals surface area contributed by atoms with E-state index in [1.807, 2.05) is 12.1 Å². The number of benzene rings is 1. The van der Waals surface area contributed by atoms with Crippen molar-refractivity contribution in [2.45, 2.75) is 51.3 Å². The Hall–Kier alpha value is -0.500. The molecule has 1 aromatic carbocycles. The highest BCUT2D eigenvalue weighted by molar-refractivity contribution is 9.09. The first-order valence-corrected chi connectivity index (χ1v) is 8.22.